The summed E-state index contributed by atoms with van der Waals surface area (Å²) in [6.07, 6.45) is 5.49. The van der Waals surface area contributed by atoms with Crippen molar-refractivity contribution in [1.29, 1.82) is 0 Å². The molecule has 0 radical (unpaired) electrons. The monoisotopic (exact) mass is 183 g/mol. The SMILES string of the molecule is CC(C)CCCN1CCCCC1=O. The lowest BCUT2D eigenvalue weighted by Crippen LogP contribution is -2.36. The Morgan fingerprint density at radius 3 is 2.77 bits per heavy atom. The molecule has 0 unspecified atom stereocenters. The number of piperidine rings is 1. The van der Waals surface area contributed by atoms with Crippen LogP contribution in [0.3, 0.4) is 0 Å². The summed E-state index contributed by atoms with van der Waals surface area (Å²) in [4.78, 5) is 13.4. The van der Waals surface area contributed by atoms with E-state index < -0.39 is 0 Å². The molecule has 0 aromatic heterocycles. The van der Waals surface area contributed by atoms with Crippen molar-refractivity contribution in [2.24, 2.45) is 5.92 Å². The van der Waals surface area contributed by atoms with Crippen LogP contribution in [0.25, 0.3) is 0 Å². The third-order valence-corrected chi connectivity index (χ3v) is 2.63. The fraction of sp³-hybridized carbons (Fsp3) is 0.909. The second-order valence-corrected chi connectivity index (χ2v) is 4.37. The van der Waals surface area contributed by atoms with Crippen LogP contribution in [-0.4, -0.2) is 23.9 Å². The van der Waals surface area contributed by atoms with Gasteiger partial charge in [-0.3, -0.25) is 4.79 Å². The third kappa shape index (κ3) is 3.79. The minimum Gasteiger partial charge on any atom is -0.343 e. The van der Waals surface area contributed by atoms with E-state index in [1.54, 1.807) is 0 Å². The van der Waals surface area contributed by atoms with Gasteiger partial charge >= 0.3 is 0 Å². The first-order valence-electron chi connectivity index (χ1n) is 5.48. The van der Waals surface area contributed by atoms with Crippen molar-refractivity contribution >= 4 is 5.91 Å². The number of rotatable bonds is 4. The molecule has 0 aromatic rings. The Bertz CT molecular complexity index is 165. The molecule has 0 aromatic carbocycles. The molecular formula is C11H21NO. The summed E-state index contributed by atoms with van der Waals surface area (Å²) in [7, 11) is 0. The van der Waals surface area contributed by atoms with E-state index in [0.29, 0.717) is 5.91 Å². The van der Waals surface area contributed by atoms with Crippen LogP contribution in [-0.2, 0) is 4.79 Å². The largest absolute Gasteiger partial charge is 0.343 e. The normalized spacial score (nSPS) is 18.4. The zero-order valence-electron chi connectivity index (χ0n) is 8.88. The Labute approximate surface area is 81.3 Å². The topological polar surface area (TPSA) is 20.3 Å². The van der Waals surface area contributed by atoms with E-state index in [9.17, 15) is 4.79 Å². The van der Waals surface area contributed by atoms with Gasteiger partial charge in [0.1, 0.15) is 0 Å². The Morgan fingerprint density at radius 2 is 2.15 bits per heavy atom. The smallest absolute Gasteiger partial charge is 0.222 e. The summed E-state index contributed by atoms with van der Waals surface area (Å²) in [5.41, 5.74) is 0. The van der Waals surface area contributed by atoms with Crippen molar-refractivity contribution in [3.8, 4) is 0 Å². The summed E-state index contributed by atoms with van der Waals surface area (Å²) >= 11 is 0. The molecular weight excluding hydrogens is 162 g/mol. The average molecular weight is 183 g/mol. The number of nitrogens with zero attached hydrogens (tertiary/aromatic N) is 1. The first-order chi connectivity index (χ1) is 6.20. The van der Waals surface area contributed by atoms with Crippen LogP contribution >= 0.6 is 0 Å². The predicted octanol–water partition coefficient (Wildman–Crippen LogP) is 2.44. The molecule has 2 nitrogen and oxygen atoms in total. The first kappa shape index (κ1) is 10.6. The van der Waals surface area contributed by atoms with Crippen LogP contribution in [0.4, 0.5) is 0 Å². The molecule has 1 fully saturated rings. The fourth-order valence-corrected chi connectivity index (χ4v) is 1.79. The van der Waals surface area contributed by atoms with Crippen LogP contribution in [0.2, 0.25) is 0 Å². The van der Waals surface area contributed by atoms with Crippen LogP contribution < -0.4 is 0 Å². The van der Waals surface area contributed by atoms with Gasteiger partial charge in [-0.25, -0.2) is 0 Å². The van der Waals surface area contributed by atoms with Gasteiger partial charge in [0.2, 0.25) is 5.91 Å². The highest BCUT2D eigenvalue weighted by atomic mass is 16.2. The van der Waals surface area contributed by atoms with Gasteiger partial charge in [-0.15, -0.1) is 0 Å². The zero-order valence-corrected chi connectivity index (χ0v) is 8.88. The molecule has 1 saturated heterocycles. The Morgan fingerprint density at radius 1 is 1.38 bits per heavy atom. The van der Waals surface area contributed by atoms with E-state index >= 15 is 0 Å². The van der Waals surface area contributed by atoms with E-state index in [4.69, 9.17) is 0 Å². The molecule has 13 heavy (non-hydrogen) atoms. The molecule has 2 heteroatoms. The van der Waals surface area contributed by atoms with Crippen LogP contribution in [0.1, 0.15) is 46.0 Å². The van der Waals surface area contributed by atoms with Crippen molar-refractivity contribution in [1.82, 2.24) is 4.90 Å². The van der Waals surface area contributed by atoms with Crippen molar-refractivity contribution in [3.05, 3.63) is 0 Å². The van der Waals surface area contributed by atoms with Crippen LogP contribution in [0.5, 0.6) is 0 Å². The minimum absolute atomic E-state index is 0.370. The molecule has 0 saturated carbocycles. The van der Waals surface area contributed by atoms with Crippen LogP contribution in [0, 0.1) is 5.92 Å². The summed E-state index contributed by atoms with van der Waals surface area (Å²) in [5, 5.41) is 0. The first-order valence-corrected chi connectivity index (χ1v) is 5.48. The Balaban J connectivity index is 2.15. The van der Waals surface area contributed by atoms with E-state index in [2.05, 4.69) is 13.8 Å². The predicted molar refractivity (Wildman–Crippen MR) is 54.5 cm³/mol. The van der Waals surface area contributed by atoms with Gasteiger partial charge in [-0.05, 0) is 31.6 Å². The molecule has 1 aliphatic rings. The van der Waals surface area contributed by atoms with Gasteiger partial charge in [-0.2, -0.15) is 0 Å². The summed E-state index contributed by atoms with van der Waals surface area (Å²) in [5.74, 6) is 1.13. The lowest BCUT2D eigenvalue weighted by Gasteiger charge is -2.26. The molecule has 1 aliphatic heterocycles. The van der Waals surface area contributed by atoms with Crippen molar-refractivity contribution < 1.29 is 4.79 Å². The molecule has 0 N–H and O–H groups in total. The van der Waals surface area contributed by atoms with Gasteiger partial charge in [0.25, 0.3) is 0 Å². The van der Waals surface area contributed by atoms with E-state index in [0.717, 1.165) is 31.8 Å². The van der Waals surface area contributed by atoms with Crippen molar-refractivity contribution in [2.75, 3.05) is 13.1 Å². The Kier molecular flexibility index (Phi) is 4.26. The van der Waals surface area contributed by atoms with Gasteiger partial charge in [-0.1, -0.05) is 13.8 Å². The average Bonchev–Trinajstić information content (AvgIpc) is 2.08. The second-order valence-electron chi connectivity index (χ2n) is 4.37. The van der Waals surface area contributed by atoms with E-state index in [1.165, 1.54) is 19.3 Å². The highest BCUT2D eigenvalue weighted by molar-refractivity contribution is 5.76. The fourth-order valence-electron chi connectivity index (χ4n) is 1.79. The number of carbonyl (C=O) groups excluding carboxylic acids is 1. The molecule has 0 atom stereocenters. The molecule has 1 heterocycles. The molecule has 1 rings (SSSR count). The second kappa shape index (κ2) is 5.25. The molecule has 0 spiro atoms. The highest BCUT2D eigenvalue weighted by Gasteiger charge is 2.16. The maximum atomic E-state index is 11.4. The van der Waals surface area contributed by atoms with Gasteiger partial charge < -0.3 is 4.90 Å². The van der Waals surface area contributed by atoms with Gasteiger partial charge in [0, 0.05) is 19.5 Å². The third-order valence-electron chi connectivity index (χ3n) is 2.63. The lowest BCUT2D eigenvalue weighted by molar-refractivity contribution is -0.133. The zero-order chi connectivity index (χ0) is 9.68. The van der Waals surface area contributed by atoms with Gasteiger partial charge in [0.15, 0.2) is 0 Å². The summed E-state index contributed by atoms with van der Waals surface area (Å²) < 4.78 is 0. The number of carbonyl (C=O) groups is 1. The molecule has 0 aliphatic carbocycles. The Hall–Kier alpha value is -0.530. The number of likely N-dealkylation sites (tertiary alicyclic amines) is 1. The van der Waals surface area contributed by atoms with Crippen molar-refractivity contribution in [2.45, 2.75) is 46.0 Å². The van der Waals surface area contributed by atoms with Gasteiger partial charge in [0.05, 0.1) is 0 Å². The van der Waals surface area contributed by atoms with E-state index in [1.807, 2.05) is 4.90 Å². The van der Waals surface area contributed by atoms with Crippen LogP contribution in [0.15, 0.2) is 0 Å². The lowest BCUT2D eigenvalue weighted by atomic mass is 10.1. The summed E-state index contributed by atoms with van der Waals surface area (Å²) in [6.45, 7) is 6.45. The standard InChI is InChI=1S/C11H21NO/c1-10(2)6-5-9-12-8-4-3-7-11(12)13/h10H,3-9H2,1-2H3. The van der Waals surface area contributed by atoms with E-state index in [-0.39, 0.29) is 0 Å². The molecule has 1 amide bonds. The number of amides is 1. The molecule has 0 bridgehead atoms. The molecule has 76 valence electrons. The minimum atomic E-state index is 0.370. The quantitative estimate of drug-likeness (QED) is 0.655. The van der Waals surface area contributed by atoms with Crippen molar-refractivity contribution in [3.63, 3.8) is 0 Å². The number of hydrogen-bond donors (Lipinski definition) is 0. The number of hydrogen-bond acceptors (Lipinski definition) is 1. The highest BCUT2D eigenvalue weighted by Crippen LogP contribution is 2.12. The maximum Gasteiger partial charge on any atom is 0.222 e. The summed E-state index contributed by atoms with van der Waals surface area (Å²) in [6, 6.07) is 0. The maximum absolute atomic E-state index is 11.4.